The van der Waals surface area contributed by atoms with Gasteiger partial charge in [0.15, 0.2) is 0 Å². The molecule has 0 atom stereocenters. The molecule has 0 aliphatic heterocycles. The van der Waals surface area contributed by atoms with Gasteiger partial charge in [-0.2, -0.15) is 5.26 Å². The number of anilines is 2. The van der Waals surface area contributed by atoms with Crippen LogP contribution < -0.4 is 15.4 Å². The van der Waals surface area contributed by atoms with Crippen molar-refractivity contribution in [2.75, 3.05) is 16.3 Å². The van der Waals surface area contributed by atoms with Crippen LogP contribution in [0.25, 0.3) is 11.1 Å². The number of hydrogen-bond acceptors (Lipinski definition) is 6. The van der Waals surface area contributed by atoms with Gasteiger partial charge in [-0.05, 0) is 54.3 Å². The third kappa shape index (κ3) is 6.13. The van der Waals surface area contributed by atoms with Crippen LogP contribution in [0.2, 0.25) is 0 Å². The Labute approximate surface area is 204 Å². The molecule has 2 aromatic carbocycles. The Morgan fingerprint density at radius 2 is 1.54 bits per heavy atom. The average Bonchev–Trinajstić information content (AvgIpc) is 2.84. The number of benzene rings is 2. The van der Waals surface area contributed by atoms with E-state index in [1.54, 1.807) is 24.4 Å². The second-order valence-corrected chi connectivity index (χ2v) is 10.4. The number of rotatable bonds is 6. The van der Waals surface area contributed by atoms with E-state index in [4.69, 9.17) is 0 Å². The van der Waals surface area contributed by atoms with Gasteiger partial charge in [-0.3, -0.25) is 4.72 Å². The first-order chi connectivity index (χ1) is 16.8. The van der Waals surface area contributed by atoms with Crippen molar-refractivity contribution in [1.29, 1.82) is 5.26 Å². The summed E-state index contributed by atoms with van der Waals surface area (Å²) in [5, 5.41) is 15.2. The summed E-state index contributed by atoms with van der Waals surface area (Å²) in [5.74, 6) is 0.0883. The summed E-state index contributed by atoms with van der Waals surface area (Å²) in [7, 11) is -3.33. The van der Waals surface area contributed by atoms with Crippen molar-refractivity contribution < 1.29 is 13.2 Å². The molecular weight excluding hydrogens is 464 g/mol. The molecule has 3 aromatic rings. The van der Waals surface area contributed by atoms with Crippen molar-refractivity contribution >= 4 is 27.4 Å². The highest BCUT2D eigenvalue weighted by Gasteiger charge is 2.37. The Bertz CT molecular complexity index is 1340. The van der Waals surface area contributed by atoms with Gasteiger partial charge in [0.2, 0.25) is 15.8 Å². The van der Waals surface area contributed by atoms with E-state index in [2.05, 4.69) is 25.3 Å². The average molecular weight is 491 g/mol. The number of aromatic nitrogens is 2. The van der Waals surface area contributed by atoms with Crippen molar-refractivity contribution in [3.8, 4) is 17.2 Å². The van der Waals surface area contributed by atoms with Gasteiger partial charge in [0, 0.05) is 17.6 Å². The summed E-state index contributed by atoms with van der Waals surface area (Å²) >= 11 is 0. The monoisotopic (exact) mass is 490 g/mol. The van der Waals surface area contributed by atoms with Crippen LogP contribution in [0.15, 0.2) is 60.8 Å². The van der Waals surface area contributed by atoms with Crippen molar-refractivity contribution in [3.05, 3.63) is 72.3 Å². The summed E-state index contributed by atoms with van der Waals surface area (Å²) in [6, 6.07) is 17.8. The van der Waals surface area contributed by atoms with Gasteiger partial charge in [0.05, 0.1) is 17.5 Å². The summed E-state index contributed by atoms with van der Waals surface area (Å²) in [6.07, 6.45) is 7.15. The molecule has 0 saturated heterocycles. The minimum absolute atomic E-state index is 0.0883. The lowest BCUT2D eigenvalue weighted by molar-refractivity contribution is 0.209. The van der Waals surface area contributed by atoms with Gasteiger partial charge in [0.25, 0.3) is 0 Å². The Morgan fingerprint density at radius 3 is 2.11 bits per heavy atom. The first-order valence-electron chi connectivity index (χ1n) is 11.3. The van der Waals surface area contributed by atoms with Gasteiger partial charge >= 0.3 is 6.03 Å². The minimum atomic E-state index is -3.33. The molecule has 0 unspecified atom stereocenters. The van der Waals surface area contributed by atoms with Crippen LogP contribution in [-0.2, 0) is 15.6 Å². The van der Waals surface area contributed by atoms with Gasteiger partial charge in [-0.15, -0.1) is 0 Å². The van der Waals surface area contributed by atoms with E-state index in [0.717, 1.165) is 49.5 Å². The molecule has 2 amide bonds. The van der Waals surface area contributed by atoms with E-state index < -0.39 is 15.6 Å². The van der Waals surface area contributed by atoms with Crippen molar-refractivity contribution in [1.82, 2.24) is 15.3 Å². The minimum Gasteiger partial charge on any atom is -0.327 e. The molecular formula is C25H26N6O3S. The van der Waals surface area contributed by atoms with Crippen LogP contribution in [0.3, 0.4) is 0 Å². The van der Waals surface area contributed by atoms with Crippen LogP contribution in [0, 0.1) is 11.3 Å². The number of carbonyl (C=O) groups is 1. The lowest BCUT2D eigenvalue weighted by Gasteiger charge is -2.37. The predicted molar refractivity (Wildman–Crippen MR) is 134 cm³/mol. The van der Waals surface area contributed by atoms with E-state index in [1.807, 2.05) is 42.5 Å². The molecule has 0 radical (unpaired) electrons. The molecule has 1 aliphatic carbocycles. The molecule has 180 valence electrons. The number of nitrogens with one attached hydrogen (secondary N) is 3. The van der Waals surface area contributed by atoms with Crippen LogP contribution in [0.5, 0.6) is 0 Å². The smallest absolute Gasteiger partial charge is 0.319 e. The normalized spacial score (nSPS) is 15.0. The third-order valence-electron chi connectivity index (χ3n) is 5.97. The van der Waals surface area contributed by atoms with Crippen LogP contribution >= 0.6 is 0 Å². The molecule has 1 fully saturated rings. The van der Waals surface area contributed by atoms with Gasteiger partial charge in [-0.25, -0.2) is 23.2 Å². The fraction of sp³-hybridized carbons (Fsp3) is 0.280. The fourth-order valence-electron chi connectivity index (χ4n) is 4.35. The van der Waals surface area contributed by atoms with Gasteiger partial charge in [0.1, 0.15) is 6.07 Å². The third-order valence-corrected chi connectivity index (χ3v) is 6.58. The summed E-state index contributed by atoms with van der Waals surface area (Å²) < 4.78 is 25.2. The first-order valence-corrected chi connectivity index (χ1v) is 13.2. The van der Waals surface area contributed by atoms with E-state index >= 15 is 0 Å². The Morgan fingerprint density at radius 1 is 0.943 bits per heavy atom. The quantitative estimate of drug-likeness (QED) is 0.469. The summed E-state index contributed by atoms with van der Waals surface area (Å²) in [5.41, 5.74) is 2.98. The van der Waals surface area contributed by atoms with Crippen LogP contribution in [0.4, 0.5) is 16.2 Å². The van der Waals surface area contributed by atoms with Crippen LogP contribution in [0.1, 0.15) is 43.6 Å². The molecule has 0 spiro atoms. The first kappa shape index (κ1) is 24.2. The Balaban J connectivity index is 1.45. The zero-order valence-electron chi connectivity index (χ0n) is 19.3. The highest BCUT2D eigenvalue weighted by Crippen LogP contribution is 2.36. The zero-order valence-corrected chi connectivity index (χ0v) is 20.1. The number of amides is 2. The summed E-state index contributed by atoms with van der Waals surface area (Å²) in [4.78, 5) is 21.3. The molecule has 1 aliphatic rings. The zero-order chi connectivity index (χ0) is 24.9. The number of hydrogen-bond donors (Lipinski definition) is 3. The highest BCUT2D eigenvalue weighted by molar-refractivity contribution is 7.92. The molecule has 35 heavy (non-hydrogen) atoms. The molecule has 1 heterocycles. The van der Waals surface area contributed by atoms with Crippen molar-refractivity contribution in [3.63, 3.8) is 0 Å². The lowest BCUT2D eigenvalue weighted by atomic mass is 9.79. The predicted octanol–water partition coefficient (Wildman–Crippen LogP) is 4.37. The molecule has 4 rings (SSSR count). The van der Waals surface area contributed by atoms with Gasteiger partial charge < -0.3 is 10.6 Å². The second-order valence-electron chi connectivity index (χ2n) is 8.63. The standard InChI is InChI=1S/C25H26N6O3S/c1-35(33,34)31-21-11-7-19(8-12-21)18-5-9-20(10-6-18)28-24(32)30-25(14-3-2-4-15-25)22-13-16-27-23(17-26)29-22/h5-13,16,31H,2-4,14-15H2,1H3,(H2,28,30,32). The molecule has 9 nitrogen and oxygen atoms in total. The number of nitrogens with zero attached hydrogens (tertiary/aromatic N) is 3. The maximum absolute atomic E-state index is 12.9. The molecule has 3 N–H and O–H groups in total. The van der Waals surface area contributed by atoms with Crippen molar-refractivity contribution in [2.45, 2.75) is 37.6 Å². The summed E-state index contributed by atoms with van der Waals surface area (Å²) in [6.45, 7) is 0. The topological polar surface area (TPSA) is 137 Å². The maximum Gasteiger partial charge on any atom is 0.319 e. The van der Waals surface area contributed by atoms with E-state index in [9.17, 15) is 18.5 Å². The molecule has 1 aromatic heterocycles. The number of sulfonamides is 1. The van der Waals surface area contributed by atoms with E-state index in [-0.39, 0.29) is 11.9 Å². The second kappa shape index (κ2) is 10.1. The van der Waals surface area contributed by atoms with Crippen LogP contribution in [-0.4, -0.2) is 30.7 Å². The fourth-order valence-corrected chi connectivity index (χ4v) is 4.91. The molecule has 0 bridgehead atoms. The Kier molecular flexibility index (Phi) is 6.98. The van der Waals surface area contributed by atoms with Crippen molar-refractivity contribution in [2.24, 2.45) is 0 Å². The highest BCUT2D eigenvalue weighted by atomic mass is 32.2. The van der Waals surface area contributed by atoms with E-state index in [1.165, 1.54) is 0 Å². The lowest BCUT2D eigenvalue weighted by Crippen LogP contribution is -2.49. The number of urea groups is 1. The number of nitriles is 1. The Hall–Kier alpha value is -3.97. The molecule has 1 saturated carbocycles. The van der Waals surface area contributed by atoms with E-state index in [0.29, 0.717) is 17.1 Å². The SMILES string of the molecule is CS(=O)(=O)Nc1ccc(-c2ccc(NC(=O)NC3(c4ccnc(C#N)n4)CCCCC3)cc2)cc1. The number of carbonyl (C=O) groups excluding carboxylic acids is 1. The molecule has 10 heteroatoms. The van der Waals surface area contributed by atoms with Gasteiger partial charge in [-0.1, -0.05) is 43.5 Å². The largest absolute Gasteiger partial charge is 0.327 e. The maximum atomic E-state index is 12.9.